The van der Waals surface area contributed by atoms with E-state index in [1.54, 1.807) is 0 Å². The van der Waals surface area contributed by atoms with Crippen LogP contribution in [0.5, 0.6) is 5.75 Å². The number of ether oxygens (including phenoxy) is 1. The number of anilines is 1. The summed E-state index contributed by atoms with van der Waals surface area (Å²) in [5.74, 6) is 0.737. The zero-order chi connectivity index (χ0) is 23.3. The van der Waals surface area contributed by atoms with E-state index in [1.807, 2.05) is 48.5 Å². The molecule has 0 saturated carbocycles. The molecule has 2 amide bonds. The van der Waals surface area contributed by atoms with Gasteiger partial charge in [0.1, 0.15) is 11.3 Å². The lowest BCUT2D eigenvalue weighted by Gasteiger charge is -2.32. The predicted octanol–water partition coefficient (Wildman–Crippen LogP) is 4.34. The zero-order valence-corrected chi connectivity index (χ0v) is 19.3. The Morgan fingerprint density at radius 2 is 1.85 bits per heavy atom. The van der Waals surface area contributed by atoms with Gasteiger partial charge in [-0.2, -0.15) is 0 Å². The minimum atomic E-state index is -0.201. The Morgan fingerprint density at radius 1 is 1.06 bits per heavy atom. The van der Waals surface area contributed by atoms with Gasteiger partial charge in [-0.1, -0.05) is 18.2 Å². The Kier molecular flexibility index (Phi) is 6.81. The smallest absolute Gasteiger partial charge is 0.339 e. The van der Waals surface area contributed by atoms with E-state index in [1.165, 1.54) is 0 Å². The first-order valence-electron chi connectivity index (χ1n) is 12.2. The van der Waals surface area contributed by atoms with Gasteiger partial charge in [0.15, 0.2) is 0 Å². The lowest BCUT2D eigenvalue weighted by molar-refractivity contribution is 0.182. The summed E-state index contributed by atoms with van der Waals surface area (Å²) >= 11 is 0. The number of aryl methyl sites for hydroxylation is 1. The van der Waals surface area contributed by atoms with Gasteiger partial charge in [0.05, 0.1) is 6.61 Å². The molecule has 1 aromatic heterocycles. The molecule has 1 aliphatic carbocycles. The molecule has 7 heteroatoms. The quantitative estimate of drug-likeness (QED) is 0.404. The second kappa shape index (κ2) is 10.3. The molecule has 2 heterocycles. The first-order valence-corrected chi connectivity index (χ1v) is 12.2. The molecule has 0 unspecified atom stereocenters. The van der Waals surface area contributed by atoms with Gasteiger partial charge in [0.2, 0.25) is 0 Å². The summed E-state index contributed by atoms with van der Waals surface area (Å²) in [4.78, 5) is 26.8. The average Bonchev–Trinajstić information content (AvgIpc) is 3.34. The summed E-state index contributed by atoms with van der Waals surface area (Å²) in [6.07, 6.45) is 5.58. The summed E-state index contributed by atoms with van der Waals surface area (Å²) in [6, 6.07) is 15.4. The zero-order valence-electron chi connectivity index (χ0n) is 19.3. The second-order valence-corrected chi connectivity index (χ2v) is 9.14. The number of benzene rings is 2. The van der Waals surface area contributed by atoms with Crippen molar-refractivity contribution in [2.24, 2.45) is 0 Å². The SMILES string of the molecule is O=C(Nc1ccccc1)NC1CCN(CCCOc2ccc3c4c(c(=O)oc3c2)CCC4)CC1. The Bertz CT molecular complexity index is 1200. The maximum Gasteiger partial charge on any atom is 0.339 e. The number of likely N-dealkylation sites (tertiary alicyclic amines) is 1. The van der Waals surface area contributed by atoms with Gasteiger partial charge in [-0.25, -0.2) is 9.59 Å². The molecule has 178 valence electrons. The van der Waals surface area contributed by atoms with Crippen molar-refractivity contribution >= 4 is 22.7 Å². The number of para-hydroxylation sites is 1. The van der Waals surface area contributed by atoms with Crippen LogP contribution in [0, 0.1) is 0 Å². The lowest BCUT2D eigenvalue weighted by atomic mass is 10.1. The highest BCUT2D eigenvalue weighted by Crippen LogP contribution is 2.29. The van der Waals surface area contributed by atoms with Crippen LogP contribution in [-0.2, 0) is 12.8 Å². The van der Waals surface area contributed by atoms with Gasteiger partial charge < -0.3 is 24.7 Å². The third-order valence-corrected chi connectivity index (χ3v) is 6.79. The molecule has 0 atom stereocenters. The van der Waals surface area contributed by atoms with Crippen LogP contribution in [0.2, 0.25) is 0 Å². The monoisotopic (exact) mass is 461 g/mol. The molecule has 0 radical (unpaired) electrons. The summed E-state index contributed by atoms with van der Waals surface area (Å²) in [5.41, 5.74) is 3.21. The standard InChI is InChI=1S/C27H31N3O4/c31-26-24-9-4-8-22(24)23-11-10-21(18-25(23)34-26)33-17-5-14-30-15-12-20(13-16-30)29-27(32)28-19-6-2-1-3-7-19/h1-3,6-7,10-11,18,20H,4-5,8-9,12-17H2,(H2,28,29,32). The van der Waals surface area contributed by atoms with E-state index in [2.05, 4.69) is 15.5 Å². The average molecular weight is 462 g/mol. The van der Waals surface area contributed by atoms with E-state index >= 15 is 0 Å². The molecule has 0 bridgehead atoms. The summed E-state index contributed by atoms with van der Waals surface area (Å²) in [6.45, 7) is 3.49. The number of hydrogen-bond acceptors (Lipinski definition) is 5. The topological polar surface area (TPSA) is 83.8 Å². The molecule has 34 heavy (non-hydrogen) atoms. The number of hydrogen-bond donors (Lipinski definition) is 2. The maximum absolute atomic E-state index is 12.2. The van der Waals surface area contributed by atoms with Crippen LogP contribution in [0.1, 0.15) is 36.8 Å². The molecule has 1 fully saturated rings. The van der Waals surface area contributed by atoms with E-state index in [9.17, 15) is 9.59 Å². The third-order valence-electron chi connectivity index (χ3n) is 6.79. The summed E-state index contributed by atoms with van der Waals surface area (Å²) < 4.78 is 11.5. The Morgan fingerprint density at radius 3 is 2.68 bits per heavy atom. The third kappa shape index (κ3) is 5.25. The van der Waals surface area contributed by atoms with Gasteiger partial charge in [0, 0.05) is 48.4 Å². The van der Waals surface area contributed by atoms with Crippen LogP contribution >= 0.6 is 0 Å². The number of nitrogens with zero attached hydrogens (tertiary/aromatic N) is 1. The van der Waals surface area contributed by atoms with Crippen LogP contribution in [-0.4, -0.2) is 43.2 Å². The fourth-order valence-electron chi connectivity index (χ4n) is 5.01. The van der Waals surface area contributed by atoms with Crippen LogP contribution in [0.15, 0.2) is 57.7 Å². The number of carbonyl (C=O) groups excluding carboxylic acids is 1. The highest BCUT2D eigenvalue weighted by Gasteiger charge is 2.21. The van der Waals surface area contributed by atoms with Gasteiger partial charge in [-0.15, -0.1) is 0 Å². The minimum absolute atomic E-state index is 0.144. The van der Waals surface area contributed by atoms with E-state index in [0.29, 0.717) is 12.2 Å². The summed E-state index contributed by atoms with van der Waals surface area (Å²) in [7, 11) is 0. The number of rotatable bonds is 7. The molecule has 2 aliphatic rings. The van der Waals surface area contributed by atoms with Gasteiger partial charge in [-0.3, -0.25) is 0 Å². The van der Waals surface area contributed by atoms with E-state index in [4.69, 9.17) is 9.15 Å². The van der Waals surface area contributed by atoms with E-state index in [-0.39, 0.29) is 17.7 Å². The maximum atomic E-state index is 12.2. The molecular formula is C27H31N3O4. The van der Waals surface area contributed by atoms with Crippen molar-refractivity contribution < 1.29 is 13.9 Å². The largest absolute Gasteiger partial charge is 0.493 e. The molecule has 3 aromatic rings. The van der Waals surface area contributed by atoms with Crippen molar-refractivity contribution in [1.29, 1.82) is 0 Å². The van der Waals surface area contributed by atoms with Gasteiger partial charge in [0.25, 0.3) is 0 Å². The molecule has 7 nitrogen and oxygen atoms in total. The Balaban J connectivity index is 1.03. The number of carbonyl (C=O) groups is 1. The highest BCUT2D eigenvalue weighted by molar-refractivity contribution is 5.89. The van der Waals surface area contributed by atoms with Crippen molar-refractivity contribution in [3.05, 3.63) is 70.1 Å². The molecule has 1 aliphatic heterocycles. The molecule has 5 rings (SSSR count). The minimum Gasteiger partial charge on any atom is -0.493 e. The number of nitrogens with one attached hydrogen (secondary N) is 2. The van der Waals surface area contributed by atoms with Crippen LogP contribution < -0.4 is 21.0 Å². The summed E-state index contributed by atoms with van der Waals surface area (Å²) in [5, 5.41) is 6.99. The molecule has 2 aromatic carbocycles. The van der Waals surface area contributed by atoms with E-state index < -0.39 is 0 Å². The van der Waals surface area contributed by atoms with Gasteiger partial charge in [-0.05, 0) is 68.4 Å². The van der Waals surface area contributed by atoms with Crippen molar-refractivity contribution in [2.75, 3.05) is 31.6 Å². The molecule has 1 saturated heterocycles. The Labute approximate surface area is 199 Å². The van der Waals surface area contributed by atoms with Crippen LogP contribution in [0.3, 0.4) is 0 Å². The van der Waals surface area contributed by atoms with Crippen molar-refractivity contribution in [3.63, 3.8) is 0 Å². The first-order chi connectivity index (χ1) is 16.7. The predicted molar refractivity (Wildman–Crippen MR) is 133 cm³/mol. The first kappa shape index (κ1) is 22.5. The van der Waals surface area contributed by atoms with Gasteiger partial charge >= 0.3 is 11.7 Å². The van der Waals surface area contributed by atoms with E-state index in [0.717, 1.165) is 86.1 Å². The van der Waals surface area contributed by atoms with Crippen molar-refractivity contribution in [3.8, 4) is 5.75 Å². The number of amides is 2. The molecule has 0 spiro atoms. The number of urea groups is 1. The fourth-order valence-corrected chi connectivity index (χ4v) is 5.01. The van der Waals surface area contributed by atoms with Crippen LogP contribution in [0.25, 0.3) is 11.0 Å². The molecular weight excluding hydrogens is 430 g/mol. The number of piperidine rings is 1. The second-order valence-electron chi connectivity index (χ2n) is 9.14. The highest BCUT2D eigenvalue weighted by atomic mass is 16.5. The Hall–Kier alpha value is -3.32. The van der Waals surface area contributed by atoms with Crippen molar-refractivity contribution in [1.82, 2.24) is 10.2 Å². The normalized spacial score (nSPS) is 16.4. The fraction of sp³-hybridized carbons (Fsp3) is 0.407. The molecule has 2 N–H and O–H groups in total. The lowest BCUT2D eigenvalue weighted by Crippen LogP contribution is -2.46. The number of fused-ring (bicyclic) bond motifs is 3. The van der Waals surface area contributed by atoms with Crippen LogP contribution in [0.4, 0.5) is 10.5 Å². The van der Waals surface area contributed by atoms with Crippen molar-refractivity contribution in [2.45, 2.75) is 44.6 Å².